The van der Waals surface area contributed by atoms with Gasteiger partial charge in [-0.25, -0.2) is 14.4 Å². The molecule has 2 aromatic carbocycles. The van der Waals surface area contributed by atoms with Gasteiger partial charge in [0.2, 0.25) is 0 Å². The first-order valence-electron chi connectivity index (χ1n) is 10.5. The van der Waals surface area contributed by atoms with Crippen molar-refractivity contribution in [1.29, 1.82) is 0 Å². The van der Waals surface area contributed by atoms with Crippen LogP contribution in [0, 0.1) is 5.82 Å². The predicted octanol–water partition coefficient (Wildman–Crippen LogP) is 3.62. The van der Waals surface area contributed by atoms with Gasteiger partial charge in [-0.2, -0.15) is 0 Å². The molecule has 0 saturated carbocycles. The van der Waals surface area contributed by atoms with Gasteiger partial charge in [-0.3, -0.25) is 4.79 Å². The largest absolute Gasteiger partial charge is 0.493 e. The summed E-state index contributed by atoms with van der Waals surface area (Å²) in [4.78, 5) is 20.0. The number of hydrogen-bond donors (Lipinski definition) is 3. The third kappa shape index (κ3) is 6.66. The Morgan fingerprint density at radius 3 is 2.68 bits per heavy atom. The molecule has 3 N–H and O–H groups in total. The first-order valence-corrected chi connectivity index (χ1v) is 10.9. The van der Waals surface area contributed by atoms with E-state index >= 15 is 0 Å². The van der Waals surface area contributed by atoms with Gasteiger partial charge in [0.05, 0.1) is 42.9 Å². The van der Waals surface area contributed by atoms with Crippen molar-refractivity contribution in [2.24, 2.45) is 0 Å². The molecule has 11 heteroatoms. The number of nitrogens with one attached hydrogen (secondary N) is 1. The highest BCUT2D eigenvalue weighted by atomic mass is 35.5. The lowest BCUT2D eigenvalue weighted by Gasteiger charge is -2.18. The molecule has 0 aliphatic rings. The Balaban J connectivity index is 1.76. The first-order chi connectivity index (χ1) is 16.3. The molecule has 34 heavy (non-hydrogen) atoms. The highest BCUT2D eigenvalue weighted by molar-refractivity contribution is 6.31. The second-order valence-electron chi connectivity index (χ2n) is 7.36. The third-order valence-corrected chi connectivity index (χ3v) is 5.08. The number of esters is 1. The summed E-state index contributed by atoms with van der Waals surface area (Å²) in [6.07, 6.45) is -1.04. The number of benzene rings is 2. The fourth-order valence-electron chi connectivity index (χ4n) is 3.21. The number of fused-ring (bicyclic) bond motifs is 1. The van der Waals surface area contributed by atoms with Gasteiger partial charge in [-0.15, -0.1) is 0 Å². The molecule has 0 radical (unpaired) electrons. The number of hydrogen-bond acceptors (Lipinski definition) is 9. The van der Waals surface area contributed by atoms with E-state index < -0.39 is 24.0 Å². The summed E-state index contributed by atoms with van der Waals surface area (Å²) in [7, 11) is 1.47. The fourth-order valence-corrected chi connectivity index (χ4v) is 3.39. The summed E-state index contributed by atoms with van der Waals surface area (Å²) < 4.78 is 29.4. The average Bonchev–Trinajstić information content (AvgIpc) is 2.79. The zero-order valence-electron chi connectivity index (χ0n) is 18.6. The quantitative estimate of drug-likeness (QED) is 0.343. The number of aromatic nitrogens is 2. The van der Waals surface area contributed by atoms with Crippen LogP contribution < -0.4 is 14.8 Å². The molecule has 0 fully saturated rings. The van der Waals surface area contributed by atoms with Gasteiger partial charge in [0, 0.05) is 23.6 Å². The lowest BCUT2D eigenvalue weighted by atomic mass is 10.1. The maximum Gasteiger partial charge on any atom is 0.308 e. The van der Waals surface area contributed by atoms with E-state index in [-0.39, 0.29) is 31.1 Å². The van der Waals surface area contributed by atoms with E-state index in [1.54, 1.807) is 19.1 Å². The van der Waals surface area contributed by atoms with Crippen molar-refractivity contribution in [1.82, 2.24) is 9.97 Å². The molecular formula is C23H25ClFN3O6. The minimum absolute atomic E-state index is 0.0341. The number of methoxy groups -OCH3 is 1. The second kappa shape index (κ2) is 11.8. The Morgan fingerprint density at radius 1 is 1.18 bits per heavy atom. The highest BCUT2D eigenvalue weighted by Gasteiger charge is 2.18. The maximum atomic E-state index is 13.5. The van der Waals surface area contributed by atoms with E-state index in [4.69, 9.17) is 25.8 Å². The second-order valence-corrected chi connectivity index (χ2v) is 7.77. The van der Waals surface area contributed by atoms with Crippen molar-refractivity contribution in [3.63, 3.8) is 0 Å². The molecule has 2 unspecified atom stereocenters. The zero-order valence-corrected chi connectivity index (χ0v) is 19.4. The van der Waals surface area contributed by atoms with Crippen LogP contribution in [0.3, 0.4) is 0 Å². The average molecular weight is 494 g/mol. The van der Waals surface area contributed by atoms with E-state index in [2.05, 4.69) is 15.3 Å². The SMILES string of the molecule is CCOC(=O)CC(O)CC(O)COc1cc2c(Nc3ccc(F)c(Cl)c3)ncnc2cc1OC. The Kier molecular flexibility index (Phi) is 8.80. The van der Waals surface area contributed by atoms with Crippen molar-refractivity contribution < 1.29 is 33.6 Å². The molecule has 2 atom stereocenters. The Morgan fingerprint density at radius 2 is 1.97 bits per heavy atom. The molecule has 0 bridgehead atoms. The van der Waals surface area contributed by atoms with Crippen LogP contribution in [0.2, 0.25) is 5.02 Å². The summed E-state index contributed by atoms with van der Waals surface area (Å²) in [5, 5.41) is 23.8. The Hall–Kier alpha value is -3.21. The summed E-state index contributed by atoms with van der Waals surface area (Å²) in [5.74, 6) is 0.0312. The van der Waals surface area contributed by atoms with E-state index in [1.807, 2.05) is 0 Å². The van der Waals surface area contributed by atoms with E-state index in [0.717, 1.165) is 0 Å². The lowest BCUT2D eigenvalue weighted by molar-refractivity contribution is -0.145. The monoisotopic (exact) mass is 493 g/mol. The number of nitrogens with zero attached hydrogens (tertiary/aromatic N) is 2. The topological polar surface area (TPSA) is 123 Å². The molecule has 0 aliphatic heterocycles. The van der Waals surface area contributed by atoms with Crippen molar-refractivity contribution in [2.75, 3.05) is 25.6 Å². The van der Waals surface area contributed by atoms with Crippen LogP contribution in [0.5, 0.6) is 11.5 Å². The standard InChI is InChI=1S/C23H25ClFN3O6/c1-3-33-22(31)8-14(29)7-15(30)11-34-21-9-16-19(10-20(21)32-2)26-12-27-23(16)28-13-4-5-18(25)17(24)6-13/h4-6,9-10,12,14-15,29-30H,3,7-8,11H2,1-2H3,(H,26,27,28). The number of halogens is 2. The number of carbonyl (C=O) groups is 1. The number of ether oxygens (including phenoxy) is 3. The molecule has 1 heterocycles. The molecule has 3 rings (SSSR count). The van der Waals surface area contributed by atoms with Gasteiger partial charge < -0.3 is 29.7 Å². The van der Waals surface area contributed by atoms with Crippen molar-refractivity contribution in [3.8, 4) is 11.5 Å². The summed E-state index contributed by atoms with van der Waals surface area (Å²) in [6.45, 7) is 1.73. The Labute approximate surface area is 200 Å². The van der Waals surface area contributed by atoms with Crippen LogP contribution in [0.15, 0.2) is 36.7 Å². The van der Waals surface area contributed by atoms with Crippen molar-refractivity contribution in [2.45, 2.75) is 32.0 Å². The van der Waals surface area contributed by atoms with Gasteiger partial charge >= 0.3 is 5.97 Å². The normalized spacial score (nSPS) is 12.8. The van der Waals surface area contributed by atoms with Crippen LogP contribution in [0.1, 0.15) is 19.8 Å². The third-order valence-electron chi connectivity index (χ3n) is 4.79. The summed E-state index contributed by atoms with van der Waals surface area (Å²) in [5.41, 5.74) is 1.08. The molecule has 1 aromatic heterocycles. The van der Waals surface area contributed by atoms with E-state index in [0.29, 0.717) is 33.9 Å². The molecule has 3 aromatic rings. The van der Waals surface area contributed by atoms with Gasteiger partial charge in [-0.1, -0.05) is 11.6 Å². The van der Waals surface area contributed by atoms with Gasteiger partial charge in [0.15, 0.2) is 11.5 Å². The minimum Gasteiger partial charge on any atom is -0.493 e. The predicted molar refractivity (Wildman–Crippen MR) is 124 cm³/mol. The van der Waals surface area contributed by atoms with Crippen molar-refractivity contribution in [3.05, 3.63) is 47.5 Å². The number of carbonyl (C=O) groups excluding carboxylic acids is 1. The molecular weight excluding hydrogens is 469 g/mol. The first kappa shape index (κ1) is 25.4. The van der Waals surface area contributed by atoms with Crippen LogP contribution in [0.4, 0.5) is 15.9 Å². The van der Waals surface area contributed by atoms with E-state index in [9.17, 15) is 19.4 Å². The van der Waals surface area contributed by atoms with Crippen LogP contribution in [0.25, 0.3) is 10.9 Å². The zero-order chi connectivity index (χ0) is 24.7. The van der Waals surface area contributed by atoms with Gasteiger partial charge in [0.25, 0.3) is 0 Å². The number of rotatable bonds is 11. The molecule has 9 nitrogen and oxygen atoms in total. The molecule has 0 spiro atoms. The van der Waals surface area contributed by atoms with Crippen LogP contribution >= 0.6 is 11.6 Å². The molecule has 0 amide bonds. The van der Waals surface area contributed by atoms with E-state index in [1.165, 1.54) is 31.6 Å². The fraction of sp³-hybridized carbons (Fsp3) is 0.348. The molecule has 0 saturated heterocycles. The van der Waals surface area contributed by atoms with Gasteiger partial charge in [0.1, 0.15) is 24.6 Å². The maximum absolute atomic E-state index is 13.5. The summed E-state index contributed by atoms with van der Waals surface area (Å²) in [6, 6.07) is 7.49. The number of anilines is 2. The van der Waals surface area contributed by atoms with Crippen molar-refractivity contribution >= 4 is 40.0 Å². The minimum atomic E-state index is -1.07. The number of aliphatic hydroxyl groups is 2. The Bertz CT molecular complexity index is 1150. The molecule has 182 valence electrons. The highest BCUT2D eigenvalue weighted by Crippen LogP contribution is 2.35. The number of aliphatic hydroxyl groups excluding tert-OH is 2. The molecule has 0 aliphatic carbocycles. The lowest BCUT2D eigenvalue weighted by Crippen LogP contribution is -2.26. The summed E-state index contributed by atoms with van der Waals surface area (Å²) >= 11 is 5.86. The smallest absolute Gasteiger partial charge is 0.308 e. The van der Waals surface area contributed by atoms with Crippen LogP contribution in [-0.4, -0.2) is 58.7 Å². The van der Waals surface area contributed by atoms with Gasteiger partial charge in [-0.05, 0) is 31.2 Å². The van der Waals surface area contributed by atoms with Crippen LogP contribution in [-0.2, 0) is 9.53 Å².